The van der Waals surface area contributed by atoms with E-state index in [0.717, 1.165) is 6.42 Å². The fourth-order valence-electron chi connectivity index (χ4n) is 1.10. The zero-order chi connectivity index (χ0) is 10.4. The van der Waals surface area contributed by atoms with Crippen LogP contribution in [0.3, 0.4) is 0 Å². The van der Waals surface area contributed by atoms with Gasteiger partial charge in [0.25, 0.3) is 0 Å². The summed E-state index contributed by atoms with van der Waals surface area (Å²) in [5.74, 6) is -0.294. The summed E-state index contributed by atoms with van der Waals surface area (Å²) in [6, 6.07) is 0.231. The van der Waals surface area contributed by atoms with Gasteiger partial charge in [0.1, 0.15) is 0 Å². The van der Waals surface area contributed by atoms with Gasteiger partial charge < -0.3 is 16.0 Å². The van der Waals surface area contributed by atoms with E-state index < -0.39 is 0 Å². The molecule has 78 valence electrons. The molecule has 0 saturated heterocycles. The summed E-state index contributed by atoms with van der Waals surface area (Å²) in [7, 11) is 3.75. The summed E-state index contributed by atoms with van der Waals surface area (Å²) in [5, 5.41) is 2.90. The van der Waals surface area contributed by atoms with Crippen molar-refractivity contribution in [3.8, 4) is 0 Å². The van der Waals surface area contributed by atoms with Gasteiger partial charge in [-0.15, -0.1) is 0 Å². The van der Waals surface area contributed by atoms with Crippen molar-refractivity contribution in [2.24, 2.45) is 5.73 Å². The van der Waals surface area contributed by atoms with Crippen molar-refractivity contribution in [1.29, 1.82) is 0 Å². The molecule has 0 aromatic rings. The first-order valence-corrected chi connectivity index (χ1v) is 4.69. The number of carbonyl (C=O) groups is 1. The number of hydrogen-bond acceptors (Lipinski definition) is 3. The van der Waals surface area contributed by atoms with Crippen molar-refractivity contribution in [2.75, 3.05) is 20.6 Å². The first kappa shape index (κ1) is 12.4. The van der Waals surface area contributed by atoms with E-state index in [4.69, 9.17) is 5.73 Å². The minimum Gasteiger partial charge on any atom is -0.368 e. The molecule has 0 saturated carbocycles. The molecule has 3 N–H and O–H groups in total. The Morgan fingerprint density at radius 3 is 2.46 bits per heavy atom. The van der Waals surface area contributed by atoms with Crippen LogP contribution in [0.2, 0.25) is 0 Å². The Hall–Kier alpha value is -0.610. The number of nitrogens with two attached hydrogens (primary N) is 1. The van der Waals surface area contributed by atoms with Crippen LogP contribution in [0, 0.1) is 0 Å². The molecular formula is C9H21N3O. The molecule has 1 amide bonds. The summed E-state index contributed by atoms with van der Waals surface area (Å²) >= 11 is 0. The van der Waals surface area contributed by atoms with E-state index in [-0.39, 0.29) is 11.9 Å². The molecule has 0 fully saturated rings. The lowest BCUT2D eigenvalue weighted by atomic mass is 10.2. The van der Waals surface area contributed by atoms with Crippen molar-refractivity contribution in [3.05, 3.63) is 0 Å². The van der Waals surface area contributed by atoms with Crippen LogP contribution < -0.4 is 11.1 Å². The molecule has 0 rings (SSSR count). The van der Waals surface area contributed by atoms with Crippen LogP contribution in [0.1, 0.15) is 20.3 Å². The highest BCUT2D eigenvalue weighted by atomic mass is 16.1. The third kappa shape index (κ3) is 4.24. The number of primary amides is 1. The van der Waals surface area contributed by atoms with E-state index in [9.17, 15) is 4.79 Å². The van der Waals surface area contributed by atoms with Crippen molar-refractivity contribution in [3.63, 3.8) is 0 Å². The van der Waals surface area contributed by atoms with Gasteiger partial charge in [-0.2, -0.15) is 0 Å². The van der Waals surface area contributed by atoms with Gasteiger partial charge in [0.2, 0.25) is 5.91 Å². The van der Waals surface area contributed by atoms with Gasteiger partial charge in [-0.3, -0.25) is 4.79 Å². The average Bonchev–Trinajstić information content (AvgIpc) is 2.11. The largest absolute Gasteiger partial charge is 0.368 e. The minimum absolute atomic E-state index is 0.251. The number of nitrogens with one attached hydrogen (secondary N) is 1. The van der Waals surface area contributed by atoms with Crippen molar-refractivity contribution in [1.82, 2.24) is 10.2 Å². The molecule has 0 bridgehead atoms. The van der Waals surface area contributed by atoms with Crippen LogP contribution in [0.5, 0.6) is 0 Å². The molecule has 0 aliphatic heterocycles. The highest BCUT2D eigenvalue weighted by molar-refractivity contribution is 5.80. The lowest BCUT2D eigenvalue weighted by Crippen LogP contribution is -2.48. The Labute approximate surface area is 80.5 Å². The molecule has 0 spiro atoms. The van der Waals surface area contributed by atoms with Crippen LogP contribution in [0.4, 0.5) is 0 Å². The topological polar surface area (TPSA) is 58.4 Å². The molecule has 0 radical (unpaired) electrons. The Morgan fingerprint density at radius 1 is 1.62 bits per heavy atom. The van der Waals surface area contributed by atoms with E-state index in [1.165, 1.54) is 0 Å². The smallest absolute Gasteiger partial charge is 0.235 e. The second-order valence-corrected chi connectivity index (χ2v) is 3.44. The van der Waals surface area contributed by atoms with E-state index in [1.54, 1.807) is 7.05 Å². The average molecular weight is 187 g/mol. The molecule has 0 aromatic heterocycles. The highest BCUT2D eigenvalue weighted by Crippen LogP contribution is 2.00. The first-order valence-electron chi connectivity index (χ1n) is 4.69. The molecule has 0 aliphatic rings. The number of likely N-dealkylation sites (N-methyl/N-ethyl adjacent to an activating group) is 2. The number of carbonyl (C=O) groups excluding carboxylic acids is 1. The van der Waals surface area contributed by atoms with Gasteiger partial charge in [-0.05, 0) is 27.4 Å². The zero-order valence-electron chi connectivity index (χ0n) is 9.00. The maximum absolute atomic E-state index is 10.9. The summed E-state index contributed by atoms with van der Waals surface area (Å²) in [4.78, 5) is 13.0. The molecule has 13 heavy (non-hydrogen) atoms. The van der Waals surface area contributed by atoms with Crippen LogP contribution in [-0.2, 0) is 4.79 Å². The second-order valence-electron chi connectivity index (χ2n) is 3.44. The van der Waals surface area contributed by atoms with E-state index in [1.807, 2.05) is 7.05 Å². The van der Waals surface area contributed by atoms with Gasteiger partial charge in [0, 0.05) is 12.6 Å². The van der Waals surface area contributed by atoms with Gasteiger partial charge in [0.05, 0.1) is 6.04 Å². The standard InChI is InChI=1S/C9H21N3O/c1-5-7(2)12(4)6-8(11-3)9(10)13/h7-8,11H,5-6H2,1-4H3,(H2,10,13). The van der Waals surface area contributed by atoms with Gasteiger partial charge in [-0.1, -0.05) is 6.92 Å². The fourth-order valence-corrected chi connectivity index (χ4v) is 1.10. The summed E-state index contributed by atoms with van der Waals surface area (Å²) in [5.41, 5.74) is 5.21. The number of rotatable bonds is 6. The zero-order valence-corrected chi connectivity index (χ0v) is 9.00. The molecule has 0 aliphatic carbocycles. The molecular weight excluding hydrogens is 166 g/mol. The molecule has 2 unspecified atom stereocenters. The Kier molecular flexibility index (Phi) is 5.66. The highest BCUT2D eigenvalue weighted by Gasteiger charge is 2.17. The van der Waals surface area contributed by atoms with Crippen LogP contribution in [-0.4, -0.2) is 43.5 Å². The van der Waals surface area contributed by atoms with E-state index in [0.29, 0.717) is 12.6 Å². The Morgan fingerprint density at radius 2 is 2.15 bits per heavy atom. The van der Waals surface area contributed by atoms with E-state index >= 15 is 0 Å². The SMILES string of the molecule is CCC(C)N(C)CC(NC)C(N)=O. The van der Waals surface area contributed by atoms with Crippen LogP contribution >= 0.6 is 0 Å². The van der Waals surface area contributed by atoms with Crippen molar-refractivity contribution >= 4 is 5.91 Å². The van der Waals surface area contributed by atoms with E-state index in [2.05, 4.69) is 24.1 Å². The molecule has 4 nitrogen and oxygen atoms in total. The molecule has 4 heteroatoms. The Bertz CT molecular complexity index is 161. The third-order valence-corrected chi connectivity index (χ3v) is 2.51. The van der Waals surface area contributed by atoms with Crippen molar-refractivity contribution < 1.29 is 4.79 Å². The summed E-state index contributed by atoms with van der Waals surface area (Å²) in [6.45, 7) is 4.92. The lowest BCUT2D eigenvalue weighted by Gasteiger charge is -2.26. The minimum atomic E-state index is -0.294. The van der Waals surface area contributed by atoms with Crippen molar-refractivity contribution in [2.45, 2.75) is 32.4 Å². The number of nitrogens with zero attached hydrogens (tertiary/aromatic N) is 1. The number of amides is 1. The number of hydrogen-bond donors (Lipinski definition) is 2. The quantitative estimate of drug-likeness (QED) is 0.605. The molecule has 0 heterocycles. The maximum atomic E-state index is 10.9. The fraction of sp³-hybridized carbons (Fsp3) is 0.889. The predicted octanol–water partition coefficient (Wildman–Crippen LogP) is -0.210. The normalized spacial score (nSPS) is 15.8. The summed E-state index contributed by atoms with van der Waals surface area (Å²) < 4.78 is 0. The second kappa shape index (κ2) is 5.94. The maximum Gasteiger partial charge on any atom is 0.235 e. The van der Waals surface area contributed by atoms with Crippen LogP contribution in [0.25, 0.3) is 0 Å². The lowest BCUT2D eigenvalue weighted by molar-refractivity contribution is -0.120. The van der Waals surface area contributed by atoms with Gasteiger partial charge in [0.15, 0.2) is 0 Å². The molecule has 0 aromatic carbocycles. The van der Waals surface area contributed by atoms with Gasteiger partial charge in [-0.25, -0.2) is 0 Å². The molecule has 2 atom stereocenters. The van der Waals surface area contributed by atoms with Crippen LogP contribution in [0.15, 0.2) is 0 Å². The monoisotopic (exact) mass is 187 g/mol. The van der Waals surface area contributed by atoms with Gasteiger partial charge >= 0.3 is 0 Å². The first-order chi connectivity index (χ1) is 6.02. The third-order valence-electron chi connectivity index (χ3n) is 2.51. The summed E-state index contributed by atoms with van der Waals surface area (Å²) in [6.07, 6.45) is 1.08. The Balaban J connectivity index is 4.00. The predicted molar refractivity (Wildman–Crippen MR) is 54.4 cm³/mol.